The van der Waals surface area contributed by atoms with Crippen molar-refractivity contribution in [2.45, 2.75) is 32.5 Å². The average Bonchev–Trinajstić information content (AvgIpc) is 2.47. The van der Waals surface area contributed by atoms with Crippen LogP contribution < -0.4 is 15.4 Å². The van der Waals surface area contributed by atoms with E-state index in [1.807, 2.05) is 20.8 Å². The number of nitrogens with zero attached hydrogens (tertiary/aromatic N) is 1. The third-order valence-corrected chi connectivity index (χ3v) is 3.15. The van der Waals surface area contributed by atoms with Gasteiger partial charge in [0.15, 0.2) is 5.96 Å². The van der Waals surface area contributed by atoms with E-state index in [2.05, 4.69) is 15.6 Å². The van der Waals surface area contributed by atoms with Crippen LogP contribution in [0.1, 0.15) is 20.8 Å². The van der Waals surface area contributed by atoms with E-state index < -0.39 is 0 Å². The highest BCUT2D eigenvalue weighted by molar-refractivity contribution is 5.79. The summed E-state index contributed by atoms with van der Waals surface area (Å²) in [5.74, 6) is 0.870. The molecule has 0 radical (unpaired) electrons. The molecule has 2 N–H and O–H groups in total. The fourth-order valence-corrected chi connectivity index (χ4v) is 1.64. The Morgan fingerprint density at radius 3 is 2.68 bits per heavy atom. The summed E-state index contributed by atoms with van der Waals surface area (Å²) in [6, 6.07) is 6.11. The zero-order valence-electron chi connectivity index (χ0n) is 13.9. The maximum absolute atomic E-state index is 13.1. The molecule has 1 atom stereocenters. The van der Waals surface area contributed by atoms with Crippen LogP contribution in [-0.2, 0) is 4.74 Å². The van der Waals surface area contributed by atoms with Crippen molar-refractivity contribution in [2.24, 2.45) is 4.99 Å². The van der Waals surface area contributed by atoms with Gasteiger partial charge < -0.3 is 20.1 Å². The van der Waals surface area contributed by atoms with Crippen LogP contribution in [-0.4, -0.2) is 44.9 Å². The average molecular weight is 311 g/mol. The van der Waals surface area contributed by atoms with Crippen molar-refractivity contribution in [1.82, 2.24) is 10.6 Å². The molecule has 0 fully saturated rings. The molecule has 1 rings (SSSR count). The number of hydrogen-bond acceptors (Lipinski definition) is 3. The molecule has 1 aromatic rings. The minimum absolute atomic E-state index is 0.129. The number of halogens is 1. The second kappa shape index (κ2) is 8.58. The van der Waals surface area contributed by atoms with Gasteiger partial charge in [0.1, 0.15) is 17.7 Å². The lowest BCUT2D eigenvalue weighted by atomic mass is 10.1. The van der Waals surface area contributed by atoms with Crippen LogP contribution in [0.15, 0.2) is 29.3 Å². The van der Waals surface area contributed by atoms with E-state index in [0.29, 0.717) is 24.8 Å². The van der Waals surface area contributed by atoms with E-state index in [4.69, 9.17) is 9.47 Å². The predicted octanol–water partition coefficient (Wildman–Crippen LogP) is 2.18. The Labute approximate surface area is 131 Å². The molecule has 0 aliphatic rings. The lowest BCUT2D eigenvalue weighted by Gasteiger charge is -2.25. The van der Waals surface area contributed by atoms with Crippen LogP contribution >= 0.6 is 0 Å². The molecule has 0 saturated heterocycles. The zero-order valence-corrected chi connectivity index (χ0v) is 13.9. The van der Waals surface area contributed by atoms with E-state index in [1.54, 1.807) is 26.3 Å². The van der Waals surface area contributed by atoms with E-state index in [0.717, 1.165) is 0 Å². The Morgan fingerprint density at radius 2 is 2.09 bits per heavy atom. The third-order valence-electron chi connectivity index (χ3n) is 3.15. The Hall–Kier alpha value is -1.82. The van der Waals surface area contributed by atoms with Gasteiger partial charge in [-0.3, -0.25) is 4.99 Å². The number of nitrogens with one attached hydrogen (secondary N) is 2. The van der Waals surface area contributed by atoms with Gasteiger partial charge in [0.2, 0.25) is 0 Å². The van der Waals surface area contributed by atoms with Gasteiger partial charge in [0.05, 0.1) is 12.1 Å². The fraction of sp³-hybridized carbons (Fsp3) is 0.562. The number of benzene rings is 1. The molecule has 1 unspecified atom stereocenters. The molecule has 6 heteroatoms. The summed E-state index contributed by atoms with van der Waals surface area (Å²) in [7, 11) is 3.38. The Bertz CT molecular complexity index is 492. The van der Waals surface area contributed by atoms with Crippen LogP contribution in [0.2, 0.25) is 0 Å². The molecular weight excluding hydrogens is 285 g/mol. The number of ether oxygens (including phenoxy) is 2. The Morgan fingerprint density at radius 1 is 1.36 bits per heavy atom. The first-order chi connectivity index (χ1) is 10.4. The van der Waals surface area contributed by atoms with Crippen molar-refractivity contribution < 1.29 is 13.9 Å². The minimum atomic E-state index is -0.308. The maximum atomic E-state index is 13.1. The monoisotopic (exact) mass is 311 g/mol. The van der Waals surface area contributed by atoms with E-state index >= 15 is 0 Å². The van der Waals surface area contributed by atoms with Gasteiger partial charge in [-0.2, -0.15) is 0 Å². The van der Waals surface area contributed by atoms with Crippen LogP contribution in [0.25, 0.3) is 0 Å². The van der Waals surface area contributed by atoms with Gasteiger partial charge >= 0.3 is 0 Å². The van der Waals surface area contributed by atoms with Crippen LogP contribution in [0.3, 0.4) is 0 Å². The molecule has 0 amide bonds. The highest BCUT2D eigenvalue weighted by Gasteiger charge is 2.16. The van der Waals surface area contributed by atoms with Gasteiger partial charge in [-0.25, -0.2) is 4.39 Å². The summed E-state index contributed by atoms with van der Waals surface area (Å²) < 4.78 is 24.1. The van der Waals surface area contributed by atoms with Crippen molar-refractivity contribution in [3.8, 4) is 5.75 Å². The molecule has 0 bridgehead atoms. The van der Waals surface area contributed by atoms with E-state index in [1.165, 1.54) is 12.1 Å². The molecule has 5 nitrogen and oxygen atoms in total. The summed E-state index contributed by atoms with van der Waals surface area (Å²) >= 11 is 0. The molecule has 22 heavy (non-hydrogen) atoms. The number of aliphatic imine (C=N–C) groups is 1. The topological polar surface area (TPSA) is 54.9 Å². The molecule has 0 spiro atoms. The first kappa shape index (κ1) is 18.2. The molecular formula is C16H26FN3O2. The molecule has 0 aliphatic heterocycles. The van der Waals surface area contributed by atoms with Crippen molar-refractivity contribution in [3.63, 3.8) is 0 Å². The van der Waals surface area contributed by atoms with E-state index in [9.17, 15) is 4.39 Å². The van der Waals surface area contributed by atoms with Crippen LogP contribution in [0, 0.1) is 5.82 Å². The lowest BCUT2D eigenvalue weighted by molar-refractivity contribution is 0.0268. The smallest absolute Gasteiger partial charge is 0.191 e. The summed E-state index contributed by atoms with van der Waals surface area (Å²) in [5.41, 5.74) is -0.276. The second-order valence-electron chi connectivity index (χ2n) is 5.66. The summed E-state index contributed by atoms with van der Waals surface area (Å²) in [4.78, 5) is 4.14. The van der Waals surface area contributed by atoms with Gasteiger partial charge in [0.25, 0.3) is 0 Å². The van der Waals surface area contributed by atoms with Gasteiger partial charge in [-0.1, -0.05) is 6.07 Å². The molecule has 0 saturated carbocycles. The molecule has 0 aliphatic carbocycles. The Balaban J connectivity index is 2.39. The van der Waals surface area contributed by atoms with Crippen molar-refractivity contribution >= 4 is 5.96 Å². The lowest BCUT2D eigenvalue weighted by Crippen LogP contribution is -2.47. The molecule has 0 aromatic heterocycles. The minimum Gasteiger partial charge on any atom is -0.489 e. The molecule has 124 valence electrons. The molecule has 0 heterocycles. The van der Waals surface area contributed by atoms with Crippen molar-refractivity contribution in [1.29, 1.82) is 0 Å². The summed E-state index contributed by atoms with van der Waals surface area (Å²) in [5, 5.41) is 6.35. The number of rotatable bonds is 7. The first-order valence-corrected chi connectivity index (χ1v) is 7.28. The van der Waals surface area contributed by atoms with E-state index in [-0.39, 0.29) is 17.5 Å². The quantitative estimate of drug-likeness (QED) is 0.599. The highest BCUT2D eigenvalue weighted by atomic mass is 19.1. The first-order valence-electron chi connectivity index (χ1n) is 7.28. The predicted molar refractivity (Wildman–Crippen MR) is 86.9 cm³/mol. The fourth-order valence-electron chi connectivity index (χ4n) is 1.64. The van der Waals surface area contributed by atoms with Crippen molar-refractivity contribution in [2.75, 3.05) is 27.2 Å². The highest BCUT2D eigenvalue weighted by Crippen LogP contribution is 2.13. The maximum Gasteiger partial charge on any atom is 0.191 e. The van der Waals surface area contributed by atoms with Gasteiger partial charge in [-0.15, -0.1) is 0 Å². The van der Waals surface area contributed by atoms with Crippen LogP contribution in [0.4, 0.5) is 4.39 Å². The van der Waals surface area contributed by atoms with Gasteiger partial charge in [-0.05, 0) is 32.9 Å². The van der Waals surface area contributed by atoms with Gasteiger partial charge in [0, 0.05) is 26.8 Å². The standard InChI is InChI=1S/C16H26FN3O2/c1-12(22-14-8-6-7-13(17)9-14)10-19-15(18-4)20-11-16(2,3)21-5/h6-9,12H,10-11H2,1-5H3,(H2,18,19,20). The number of guanidine groups is 1. The summed E-state index contributed by atoms with van der Waals surface area (Å²) in [6.07, 6.45) is -0.129. The van der Waals surface area contributed by atoms with Crippen molar-refractivity contribution in [3.05, 3.63) is 30.1 Å². The zero-order chi connectivity index (χ0) is 16.6. The number of hydrogen-bond donors (Lipinski definition) is 2. The number of methoxy groups -OCH3 is 1. The normalized spacial score (nSPS) is 13.6. The Kier molecular flexibility index (Phi) is 7.11. The van der Waals surface area contributed by atoms with Crippen LogP contribution in [0.5, 0.6) is 5.75 Å². The summed E-state index contributed by atoms with van der Waals surface area (Å²) in [6.45, 7) is 7.06. The SMILES string of the molecule is CN=C(NCC(C)Oc1cccc(F)c1)NCC(C)(C)OC. The third kappa shape index (κ3) is 6.76. The second-order valence-corrected chi connectivity index (χ2v) is 5.66. The largest absolute Gasteiger partial charge is 0.489 e. The molecule has 1 aromatic carbocycles.